The van der Waals surface area contributed by atoms with Gasteiger partial charge in [-0.05, 0) is 31.5 Å². The Morgan fingerprint density at radius 1 is 1.38 bits per heavy atom. The number of carbonyl (C=O) groups is 3. The van der Waals surface area contributed by atoms with Crippen molar-refractivity contribution >= 4 is 23.5 Å². The summed E-state index contributed by atoms with van der Waals surface area (Å²) in [4.78, 5) is 35.5. The van der Waals surface area contributed by atoms with Crippen molar-refractivity contribution in [3.8, 4) is 5.75 Å². The van der Waals surface area contributed by atoms with E-state index >= 15 is 0 Å². The summed E-state index contributed by atoms with van der Waals surface area (Å²) in [6.07, 6.45) is -1.74. The monoisotopic (exact) mass is 293 g/mol. The van der Waals surface area contributed by atoms with E-state index in [-0.39, 0.29) is 0 Å². The number of aryl methyl sites for hydroxylation is 1. The van der Waals surface area contributed by atoms with Crippen molar-refractivity contribution in [2.75, 3.05) is 4.90 Å². The fraction of sp³-hybridized carbons (Fsp3) is 0.357. The summed E-state index contributed by atoms with van der Waals surface area (Å²) in [5, 5.41) is 18.0. The van der Waals surface area contributed by atoms with Crippen LogP contribution < -0.4 is 9.64 Å². The maximum absolute atomic E-state index is 12.4. The van der Waals surface area contributed by atoms with Crippen molar-refractivity contribution < 1.29 is 29.3 Å². The lowest BCUT2D eigenvalue weighted by Crippen LogP contribution is -2.53. The van der Waals surface area contributed by atoms with Gasteiger partial charge in [0.1, 0.15) is 11.8 Å². The van der Waals surface area contributed by atoms with Crippen molar-refractivity contribution in [1.29, 1.82) is 0 Å². The van der Waals surface area contributed by atoms with Gasteiger partial charge in [0.05, 0.1) is 12.1 Å². The van der Waals surface area contributed by atoms with E-state index < -0.39 is 36.4 Å². The highest BCUT2D eigenvalue weighted by Crippen LogP contribution is 2.36. The first-order chi connectivity index (χ1) is 9.81. The number of nitrogens with zero attached hydrogens (tertiary/aromatic N) is 1. The maximum atomic E-state index is 12.4. The maximum Gasteiger partial charge on any atom is 0.326 e. The van der Waals surface area contributed by atoms with Crippen LogP contribution in [0.25, 0.3) is 0 Å². The molecule has 1 aliphatic heterocycles. The van der Waals surface area contributed by atoms with Crippen molar-refractivity contribution in [3.05, 3.63) is 23.8 Å². The van der Waals surface area contributed by atoms with E-state index in [4.69, 9.17) is 14.9 Å². The molecule has 0 fully saturated rings. The number of ether oxygens (including phenoxy) is 1. The standard InChI is InChI=1S/C14H15NO6/c1-7-3-4-10-9(5-7)15(8(2)14(19)20)13(18)11(21-10)6-12(16)17/h3-5,8,11H,6H2,1-2H3,(H,16,17)(H,19,20). The zero-order chi connectivity index (χ0) is 15.7. The minimum absolute atomic E-state index is 0.305. The number of carboxylic acids is 2. The van der Waals surface area contributed by atoms with Gasteiger partial charge in [0, 0.05) is 0 Å². The number of hydrogen-bond donors (Lipinski definition) is 2. The summed E-state index contributed by atoms with van der Waals surface area (Å²) < 4.78 is 5.41. The number of fused-ring (bicyclic) bond motifs is 1. The van der Waals surface area contributed by atoms with E-state index in [0.29, 0.717) is 11.4 Å². The van der Waals surface area contributed by atoms with Crippen molar-refractivity contribution in [2.24, 2.45) is 0 Å². The molecule has 1 amide bonds. The lowest BCUT2D eigenvalue weighted by molar-refractivity contribution is -0.144. The second-order valence-electron chi connectivity index (χ2n) is 4.90. The van der Waals surface area contributed by atoms with Crippen LogP contribution in [-0.4, -0.2) is 40.2 Å². The van der Waals surface area contributed by atoms with E-state index in [1.54, 1.807) is 25.1 Å². The molecule has 2 unspecified atom stereocenters. The number of carbonyl (C=O) groups excluding carboxylic acids is 1. The van der Waals surface area contributed by atoms with Gasteiger partial charge in [0.2, 0.25) is 0 Å². The summed E-state index contributed by atoms with van der Waals surface area (Å²) in [6, 6.07) is 3.88. The van der Waals surface area contributed by atoms with E-state index in [1.165, 1.54) is 6.92 Å². The van der Waals surface area contributed by atoms with Crippen LogP contribution in [0.3, 0.4) is 0 Å². The molecule has 0 spiro atoms. The summed E-state index contributed by atoms with van der Waals surface area (Å²) in [7, 11) is 0. The highest BCUT2D eigenvalue weighted by Gasteiger charge is 2.40. The molecule has 21 heavy (non-hydrogen) atoms. The van der Waals surface area contributed by atoms with Crippen LogP contribution in [0.15, 0.2) is 18.2 Å². The Balaban J connectivity index is 2.49. The molecule has 1 heterocycles. The number of carboxylic acid groups (broad SMARTS) is 2. The van der Waals surface area contributed by atoms with E-state index in [0.717, 1.165) is 10.5 Å². The van der Waals surface area contributed by atoms with Crippen molar-refractivity contribution in [3.63, 3.8) is 0 Å². The van der Waals surface area contributed by atoms with Gasteiger partial charge in [-0.25, -0.2) is 4.79 Å². The van der Waals surface area contributed by atoms with E-state index in [1.807, 2.05) is 0 Å². The Hall–Kier alpha value is -2.57. The number of aliphatic carboxylic acids is 2. The zero-order valence-electron chi connectivity index (χ0n) is 11.6. The molecule has 7 heteroatoms. The van der Waals surface area contributed by atoms with Gasteiger partial charge >= 0.3 is 11.9 Å². The number of rotatable bonds is 4. The van der Waals surface area contributed by atoms with Gasteiger partial charge in [0.15, 0.2) is 6.10 Å². The normalized spacial score (nSPS) is 18.7. The molecule has 0 radical (unpaired) electrons. The van der Waals surface area contributed by atoms with Crippen molar-refractivity contribution in [2.45, 2.75) is 32.4 Å². The van der Waals surface area contributed by atoms with Crippen LogP contribution in [0, 0.1) is 6.92 Å². The average Bonchev–Trinajstić information content (AvgIpc) is 2.39. The Morgan fingerprint density at radius 3 is 2.62 bits per heavy atom. The largest absolute Gasteiger partial charge is 0.481 e. The predicted octanol–water partition coefficient (Wildman–Crippen LogP) is 1.04. The molecule has 7 nitrogen and oxygen atoms in total. The predicted molar refractivity (Wildman–Crippen MR) is 72.4 cm³/mol. The fourth-order valence-corrected chi connectivity index (χ4v) is 2.19. The van der Waals surface area contributed by atoms with E-state index in [9.17, 15) is 14.4 Å². The van der Waals surface area contributed by atoms with Crippen LogP contribution in [0.1, 0.15) is 18.9 Å². The van der Waals surface area contributed by atoms with Gasteiger partial charge < -0.3 is 14.9 Å². The number of benzene rings is 1. The summed E-state index contributed by atoms with van der Waals surface area (Å²) >= 11 is 0. The molecule has 0 saturated carbocycles. The van der Waals surface area contributed by atoms with Crippen LogP contribution >= 0.6 is 0 Å². The van der Waals surface area contributed by atoms with Crippen LogP contribution in [0.4, 0.5) is 5.69 Å². The second-order valence-corrected chi connectivity index (χ2v) is 4.90. The summed E-state index contributed by atoms with van der Waals surface area (Å²) in [5.74, 6) is -2.72. The molecular formula is C14H15NO6. The molecular weight excluding hydrogens is 278 g/mol. The third-order valence-electron chi connectivity index (χ3n) is 3.26. The molecule has 0 aliphatic carbocycles. The third kappa shape index (κ3) is 2.81. The Morgan fingerprint density at radius 2 is 2.05 bits per heavy atom. The van der Waals surface area contributed by atoms with Crippen LogP contribution in [0.2, 0.25) is 0 Å². The van der Waals surface area contributed by atoms with Gasteiger partial charge in [-0.1, -0.05) is 6.07 Å². The molecule has 1 aromatic carbocycles. The van der Waals surface area contributed by atoms with Crippen LogP contribution in [-0.2, 0) is 14.4 Å². The van der Waals surface area contributed by atoms with Crippen LogP contribution in [0.5, 0.6) is 5.75 Å². The zero-order valence-corrected chi connectivity index (χ0v) is 11.6. The summed E-state index contributed by atoms with van der Waals surface area (Å²) in [6.45, 7) is 3.17. The topological polar surface area (TPSA) is 104 Å². The molecule has 112 valence electrons. The first-order valence-corrected chi connectivity index (χ1v) is 6.36. The molecule has 0 aromatic heterocycles. The van der Waals surface area contributed by atoms with Gasteiger partial charge in [-0.3, -0.25) is 14.5 Å². The molecule has 2 N–H and O–H groups in total. The Labute approximate surface area is 120 Å². The highest BCUT2D eigenvalue weighted by atomic mass is 16.5. The van der Waals surface area contributed by atoms with Gasteiger partial charge in [-0.15, -0.1) is 0 Å². The lowest BCUT2D eigenvalue weighted by Gasteiger charge is -2.36. The Bertz CT molecular complexity index is 611. The van der Waals surface area contributed by atoms with Gasteiger partial charge in [-0.2, -0.15) is 0 Å². The molecule has 1 aromatic rings. The Kier molecular flexibility index (Phi) is 3.84. The second kappa shape index (κ2) is 5.43. The average molecular weight is 293 g/mol. The lowest BCUT2D eigenvalue weighted by atomic mass is 10.1. The third-order valence-corrected chi connectivity index (χ3v) is 3.26. The van der Waals surface area contributed by atoms with E-state index in [2.05, 4.69) is 0 Å². The molecule has 2 atom stereocenters. The van der Waals surface area contributed by atoms with Crippen molar-refractivity contribution in [1.82, 2.24) is 0 Å². The smallest absolute Gasteiger partial charge is 0.326 e. The number of hydrogen-bond acceptors (Lipinski definition) is 4. The first kappa shape index (κ1) is 14.8. The molecule has 0 saturated heterocycles. The molecule has 2 rings (SSSR count). The number of amides is 1. The minimum Gasteiger partial charge on any atom is -0.481 e. The van der Waals surface area contributed by atoms with Gasteiger partial charge in [0.25, 0.3) is 5.91 Å². The fourth-order valence-electron chi connectivity index (χ4n) is 2.19. The molecule has 0 bridgehead atoms. The highest BCUT2D eigenvalue weighted by molar-refractivity contribution is 6.05. The first-order valence-electron chi connectivity index (χ1n) is 6.36. The minimum atomic E-state index is -1.22. The SMILES string of the molecule is Cc1ccc2c(c1)N(C(C)C(=O)O)C(=O)C(CC(=O)O)O2. The summed E-state index contributed by atoms with van der Waals surface area (Å²) in [5.41, 5.74) is 1.18. The molecule has 1 aliphatic rings. The number of anilines is 1. The quantitative estimate of drug-likeness (QED) is 0.859.